The van der Waals surface area contributed by atoms with Crippen LogP contribution in [0.1, 0.15) is 32.0 Å². The fourth-order valence-electron chi connectivity index (χ4n) is 3.61. The van der Waals surface area contributed by atoms with Crippen LogP contribution < -0.4 is 10.6 Å². The highest BCUT2D eigenvalue weighted by atomic mass is 32.1. The van der Waals surface area contributed by atoms with Crippen LogP contribution >= 0.6 is 11.3 Å². The molecule has 2 aromatic carbocycles. The molecule has 0 aliphatic carbocycles. The number of aromatic carboxylic acids is 1. The van der Waals surface area contributed by atoms with Crippen molar-refractivity contribution in [1.29, 1.82) is 0 Å². The van der Waals surface area contributed by atoms with Crippen LogP contribution in [0.25, 0.3) is 0 Å². The summed E-state index contributed by atoms with van der Waals surface area (Å²) in [6.07, 6.45) is 0. The number of carboxylic acid groups (broad SMARTS) is 1. The number of nitrogens with one attached hydrogen (secondary N) is 2. The number of nitrogens with zero attached hydrogens (tertiary/aromatic N) is 3. The van der Waals surface area contributed by atoms with E-state index in [4.69, 9.17) is 5.11 Å². The number of benzene rings is 2. The monoisotopic (exact) mass is 465 g/mol. The number of aryl methyl sites for hydroxylation is 1. The molecule has 1 aliphatic heterocycles. The Hall–Kier alpha value is -3.27. The zero-order chi connectivity index (χ0) is 23.4. The number of anilines is 3. The van der Waals surface area contributed by atoms with Gasteiger partial charge >= 0.3 is 5.97 Å². The molecule has 9 heteroatoms. The molecule has 1 saturated heterocycles. The fraction of sp³-hybridized carbons (Fsp3) is 0.292. The summed E-state index contributed by atoms with van der Waals surface area (Å²) in [5.74, 6) is -1.25. The van der Waals surface area contributed by atoms with E-state index < -0.39 is 5.97 Å². The van der Waals surface area contributed by atoms with Crippen molar-refractivity contribution in [1.82, 2.24) is 14.8 Å². The average Bonchev–Trinajstić information content (AvgIpc) is 3.27. The lowest BCUT2D eigenvalue weighted by molar-refractivity contribution is 0.0691. The van der Waals surface area contributed by atoms with Gasteiger partial charge in [0.2, 0.25) is 0 Å². The Balaban J connectivity index is 1.38. The van der Waals surface area contributed by atoms with Gasteiger partial charge in [-0.3, -0.25) is 9.69 Å². The highest BCUT2D eigenvalue weighted by Gasteiger charge is 2.15. The van der Waals surface area contributed by atoms with Gasteiger partial charge < -0.3 is 20.6 Å². The zero-order valence-corrected chi connectivity index (χ0v) is 19.5. The second-order valence-corrected chi connectivity index (χ2v) is 9.09. The third-order valence-corrected chi connectivity index (χ3v) is 6.44. The fourth-order valence-corrected chi connectivity index (χ4v) is 4.30. The molecule has 0 saturated carbocycles. The van der Waals surface area contributed by atoms with E-state index in [0.717, 1.165) is 44.0 Å². The number of piperazine rings is 1. The predicted molar refractivity (Wildman–Crippen MR) is 131 cm³/mol. The maximum atomic E-state index is 12.8. The quantitative estimate of drug-likeness (QED) is 0.487. The molecule has 33 heavy (non-hydrogen) atoms. The van der Waals surface area contributed by atoms with Gasteiger partial charge in [-0.2, -0.15) is 0 Å². The zero-order valence-electron chi connectivity index (χ0n) is 18.7. The summed E-state index contributed by atoms with van der Waals surface area (Å²) in [6.45, 7) is 7.10. The van der Waals surface area contributed by atoms with Crippen LogP contribution in [-0.2, 0) is 6.54 Å². The van der Waals surface area contributed by atoms with Crippen LogP contribution in [0, 0.1) is 6.92 Å². The van der Waals surface area contributed by atoms with Gasteiger partial charge in [0.15, 0.2) is 10.8 Å². The SMILES string of the molecule is Cc1ccc(NC(=O)c2ccc(CN3CCN(C)CC3)cc2)cc1Nc1nc(C(=O)O)cs1. The summed E-state index contributed by atoms with van der Waals surface area (Å²) in [7, 11) is 2.14. The molecule has 172 valence electrons. The molecule has 0 unspecified atom stereocenters. The second kappa shape index (κ2) is 10.1. The van der Waals surface area contributed by atoms with E-state index >= 15 is 0 Å². The molecule has 0 atom stereocenters. The molecular formula is C24H27N5O3S. The lowest BCUT2D eigenvalue weighted by Gasteiger charge is -2.32. The van der Waals surface area contributed by atoms with Gasteiger partial charge in [-0.1, -0.05) is 18.2 Å². The summed E-state index contributed by atoms with van der Waals surface area (Å²) >= 11 is 1.22. The van der Waals surface area contributed by atoms with Crippen LogP contribution in [0.4, 0.5) is 16.5 Å². The van der Waals surface area contributed by atoms with Crippen LogP contribution in [0.15, 0.2) is 47.8 Å². The molecule has 3 aromatic rings. The largest absolute Gasteiger partial charge is 0.476 e. The summed E-state index contributed by atoms with van der Waals surface area (Å²) in [6, 6.07) is 13.3. The third kappa shape index (κ3) is 5.95. The molecule has 4 rings (SSSR count). The molecule has 0 radical (unpaired) electrons. The molecule has 0 spiro atoms. The number of hydrogen-bond donors (Lipinski definition) is 3. The van der Waals surface area contributed by atoms with Gasteiger partial charge in [0.1, 0.15) is 0 Å². The molecule has 2 heterocycles. The Morgan fingerprint density at radius 3 is 2.48 bits per heavy atom. The first kappa shape index (κ1) is 22.9. The van der Waals surface area contributed by atoms with E-state index in [1.165, 1.54) is 22.3 Å². The van der Waals surface area contributed by atoms with Crippen LogP contribution in [0.2, 0.25) is 0 Å². The number of carbonyl (C=O) groups is 2. The molecule has 3 N–H and O–H groups in total. The maximum Gasteiger partial charge on any atom is 0.355 e. The van der Waals surface area contributed by atoms with Crippen molar-refractivity contribution < 1.29 is 14.7 Å². The standard InChI is InChI=1S/C24H27N5O3S/c1-16-3-8-19(13-20(16)26-24-27-21(15-33-24)23(31)32)25-22(30)18-6-4-17(5-7-18)14-29-11-9-28(2)10-12-29/h3-8,13,15H,9-12,14H2,1-2H3,(H,25,30)(H,26,27)(H,31,32). The van der Waals surface area contributed by atoms with E-state index in [9.17, 15) is 9.59 Å². The van der Waals surface area contributed by atoms with Gasteiger partial charge in [0.05, 0.1) is 0 Å². The average molecular weight is 466 g/mol. The Bertz CT molecular complexity index is 1140. The first-order valence-corrected chi connectivity index (χ1v) is 11.6. The van der Waals surface area contributed by atoms with Gasteiger partial charge in [-0.25, -0.2) is 9.78 Å². The third-order valence-electron chi connectivity index (χ3n) is 5.68. The first-order valence-electron chi connectivity index (χ1n) is 10.7. The second-order valence-electron chi connectivity index (χ2n) is 8.23. The van der Waals surface area contributed by atoms with Crippen molar-refractivity contribution >= 4 is 39.7 Å². The molecule has 1 aromatic heterocycles. The lowest BCUT2D eigenvalue weighted by Crippen LogP contribution is -2.43. The van der Waals surface area contributed by atoms with E-state index in [2.05, 4.69) is 32.5 Å². The van der Waals surface area contributed by atoms with Crippen LogP contribution in [0.5, 0.6) is 0 Å². The smallest absolute Gasteiger partial charge is 0.355 e. The Labute approximate surface area is 196 Å². The summed E-state index contributed by atoms with van der Waals surface area (Å²) in [4.78, 5) is 32.6. The molecular weight excluding hydrogens is 438 g/mol. The number of thiazole rings is 1. The Kier molecular flexibility index (Phi) is 7.02. The van der Waals surface area contributed by atoms with Crippen LogP contribution in [0.3, 0.4) is 0 Å². The van der Waals surface area contributed by atoms with Gasteiger partial charge in [0.25, 0.3) is 5.91 Å². The number of rotatable bonds is 7. The topological polar surface area (TPSA) is 97.8 Å². The number of likely N-dealkylation sites (N-methyl/N-ethyl adjacent to an activating group) is 1. The Morgan fingerprint density at radius 2 is 1.82 bits per heavy atom. The number of carbonyl (C=O) groups excluding carboxylic acids is 1. The minimum atomic E-state index is -1.06. The van der Waals surface area contributed by atoms with E-state index in [-0.39, 0.29) is 11.6 Å². The molecule has 8 nitrogen and oxygen atoms in total. The van der Waals surface area contributed by atoms with Crippen LogP contribution in [-0.4, -0.2) is 65.0 Å². The summed E-state index contributed by atoms with van der Waals surface area (Å²) in [5.41, 5.74) is 4.14. The van der Waals surface area contributed by atoms with Crippen molar-refractivity contribution in [3.8, 4) is 0 Å². The predicted octanol–water partition coefficient (Wildman–Crippen LogP) is 3.89. The van der Waals surface area contributed by atoms with E-state index in [0.29, 0.717) is 16.4 Å². The minimum absolute atomic E-state index is 0.000630. The van der Waals surface area contributed by atoms with Crippen molar-refractivity contribution in [2.75, 3.05) is 43.9 Å². The van der Waals surface area contributed by atoms with Crippen molar-refractivity contribution in [3.63, 3.8) is 0 Å². The maximum absolute atomic E-state index is 12.8. The highest BCUT2D eigenvalue weighted by molar-refractivity contribution is 7.14. The molecule has 1 aliphatic rings. The molecule has 1 fully saturated rings. The van der Waals surface area contributed by atoms with Crippen molar-refractivity contribution in [2.24, 2.45) is 0 Å². The number of carboxylic acids is 1. The van der Waals surface area contributed by atoms with Crippen molar-refractivity contribution in [3.05, 3.63) is 70.2 Å². The molecule has 1 amide bonds. The van der Waals surface area contributed by atoms with E-state index in [1.54, 1.807) is 0 Å². The van der Waals surface area contributed by atoms with Gasteiger partial charge in [0, 0.05) is 55.0 Å². The summed E-state index contributed by atoms with van der Waals surface area (Å²) in [5, 5.41) is 17.1. The first-order chi connectivity index (χ1) is 15.9. The summed E-state index contributed by atoms with van der Waals surface area (Å²) < 4.78 is 0. The van der Waals surface area contributed by atoms with Gasteiger partial charge in [-0.05, 0) is 49.4 Å². The number of amides is 1. The highest BCUT2D eigenvalue weighted by Crippen LogP contribution is 2.26. The normalized spacial score (nSPS) is 14.7. The lowest BCUT2D eigenvalue weighted by atomic mass is 10.1. The minimum Gasteiger partial charge on any atom is -0.476 e. The van der Waals surface area contributed by atoms with Crippen molar-refractivity contribution in [2.45, 2.75) is 13.5 Å². The molecule has 0 bridgehead atoms. The van der Waals surface area contributed by atoms with Gasteiger partial charge in [-0.15, -0.1) is 11.3 Å². The number of hydrogen-bond acceptors (Lipinski definition) is 7. The number of aromatic nitrogens is 1. The Morgan fingerprint density at radius 1 is 1.09 bits per heavy atom. The van der Waals surface area contributed by atoms with E-state index in [1.807, 2.05) is 49.4 Å².